The monoisotopic (exact) mass is 297 g/mol. The Morgan fingerprint density at radius 3 is 3.05 bits per heavy atom. The van der Waals surface area contributed by atoms with E-state index in [9.17, 15) is 4.79 Å². The summed E-state index contributed by atoms with van der Waals surface area (Å²) in [5, 5.41) is 0.638. The lowest BCUT2D eigenvalue weighted by atomic mass is 10.2. The maximum absolute atomic E-state index is 12.1. The zero-order valence-electron chi connectivity index (χ0n) is 11.0. The Morgan fingerprint density at radius 1 is 1.35 bits per heavy atom. The minimum absolute atomic E-state index is 0.0439. The number of hydrogen-bond donors (Lipinski definition) is 0. The summed E-state index contributed by atoms with van der Waals surface area (Å²) in [4.78, 5) is 13.9. The van der Waals surface area contributed by atoms with Crippen molar-refractivity contribution in [3.63, 3.8) is 0 Å². The molecule has 0 unspecified atom stereocenters. The molecule has 0 N–H and O–H groups in total. The average molecular weight is 298 g/mol. The molecule has 1 aromatic rings. The van der Waals surface area contributed by atoms with E-state index in [1.807, 2.05) is 6.07 Å². The van der Waals surface area contributed by atoms with Crippen LogP contribution >= 0.6 is 11.6 Å². The Kier molecular flexibility index (Phi) is 4.10. The molecule has 2 aliphatic heterocycles. The van der Waals surface area contributed by atoms with E-state index < -0.39 is 0 Å². The van der Waals surface area contributed by atoms with Crippen LogP contribution in [0.1, 0.15) is 5.56 Å². The Hall–Kier alpha value is -1.30. The van der Waals surface area contributed by atoms with E-state index in [1.165, 1.54) is 0 Å². The maximum atomic E-state index is 12.1. The predicted octanol–water partition coefficient (Wildman–Crippen LogP) is 1.48. The first-order chi connectivity index (χ1) is 9.72. The molecule has 1 aromatic carbocycles. The molecule has 20 heavy (non-hydrogen) atoms. The Labute approximate surface area is 122 Å². The molecule has 1 amide bonds. The fourth-order valence-corrected chi connectivity index (χ4v) is 2.59. The van der Waals surface area contributed by atoms with Crippen LogP contribution < -0.4 is 4.74 Å². The molecule has 3 rings (SSSR count). The Bertz CT molecular complexity index is 502. The van der Waals surface area contributed by atoms with Crippen molar-refractivity contribution in [1.29, 1.82) is 0 Å². The number of halogens is 1. The van der Waals surface area contributed by atoms with Crippen molar-refractivity contribution in [1.82, 2.24) is 4.90 Å². The molecule has 0 saturated carbocycles. The van der Waals surface area contributed by atoms with Crippen LogP contribution in [0, 0.1) is 0 Å². The van der Waals surface area contributed by atoms with E-state index in [4.69, 9.17) is 25.8 Å². The predicted molar refractivity (Wildman–Crippen MR) is 72.9 cm³/mol. The molecule has 1 atom stereocenters. The highest BCUT2D eigenvalue weighted by Gasteiger charge is 2.26. The summed E-state index contributed by atoms with van der Waals surface area (Å²) in [6, 6.07) is 5.40. The highest BCUT2D eigenvalue weighted by atomic mass is 35.5. The van der Waals surface area contributed by atoms with E-state index in [1.54, 1.807) is 17.0 Å². The van der Waals surface area contributed by atoms with Crippen LogP contribution in [0.3, 0.4) is 0 Å². The van der Waals surface area contributed by atoms with Crippen LogP contribution in [0.5, 0.6) is 5.75 Å². The summed E-state index contributed by atoms with van der Waals surface area (Å²) in [5.41, 5.74) is 0.917. The van der Waals surface area contributed by atoms with Crippen LogP contribution in [0.4, 0.5) is 0 Å². The van der Waals surface area contributed by atoms with Crippen molar-refractivity contribution in [2.45, 2.75) is 12.6 Å². The number of carbonyl (C=O) groups is 1. The first-order valence-corrected chi connectivity index (χ1v) is 6.98. The first-order valence-electron chi connectivity index (χ1n) is 6.61. The molecule has 0 spiro atoms. The quantitative estimate of drug-likeness (QED) is 0.829. The number of fused-ring (bicyclic) bond motifs is 1. The number of rotatable bonds is 2. The van der Waals surface area contributed by atoms with Gasteiger partial charge in [-0.15, -0.1) is 0 Å². The Morgan fingerprint density at radius 2 is 2.25 bits per heavy atom. The summed E-state index contributed by atoms with van der Waals surface area (Å²) >= 11 is 6.00. The van der Waals surface area contributed by atoms with E-state index in [-0.39, 0.29) is 18.6 Å². The second-order valence-electron chi connectivity index (χ2n) is 4.88. The third-order valence-electron chi connectivity index (χ3n) is 3.40. The molecule has 2 aliphatic rings. The summed E-state index contributed by atoms with van der Waals surface area (Å²) in [7, 11) is 0. The second-order valence-corrected chi connectivity index (χ2v) is 5.32. The van der Waals surface area contributed by atoms with Crippen LogP contribution in [0.2, 0.25) is 5.02 Å². The average Bonchev–Trinajstić information content (AvgIpc) is 2.60. The zero-order valence-corrected chi connectivity index (χ0v) is 11.8. The lowest BCUT2D eigenvalue weighted by molar-refractivity contribution is -0.140. The standard InChI is InChI=1S/C14H16ClNO4/c15-11-1-2-13-10(5-11)6-16(14(17)9-20-13)7-12-8-18-3-4-19-12/h1-2,5,12H,3-4,6-9H2/t12-/m0/s1. The maximum Gasteiger partial charge on any atom is 0.260 e. The van der Waals surface area contributed by atoms with Gasteiger partial charge in [-0.2, -0.15) is 0 Å². The van der Waals surface area contributed by atoms with E-state index in [2.05, 4.69) is 0 Å². The van der Waals surface area contributed by atoms with Gasteiger partial charge in [0, 0.05) is 23.7 Å². The largest absolute Gasteiger partial charge is 0.483 e. The second kappa shape index (κ2) is 5.99. The van der Waals surface area contributed by atoms with Crippen LogP contribution in [0.25, 0.3) is 0 Å². The number of amides is 1. The zero-order chi connectivity index (χ0) is 13.9. The fraction of sp³-hybridized carbons (Fsp3) is 0.500. The van der Waals surface area contributed by atoms with Gasteiger partial charge in [-0.05, 0) is 18.2 Å². The van der Waals surface area contributed by atoms with E-state index in [0.29, 0.717) is 43.7 Å². The molecule has 1 saturated heterocycles. The minimum atomic E-state index is -0.0755. The summed E-state index contributed by atoms with van der Waals surface area (Å²) in [5.74, 6) is 0.664. The number of nitrogens with zero attached hydrogens (tertiary/aromatic N) is 1. The summed E-state index contributed by atoms with van der Waals surface area (Å²) < 4.78 is 16.5. The van der Waals surface area contributed by atoms with Gasteiger partial charge >= 0.3 is 0 Å². The molecule has 0 bridgehead atoms. The highest BCUT2D eigenvalue weighted by molar-refractivity contribution is 6.30. The van der Waals surface area contributed by atoms with Gasteiger partial charge in [0.25, 0.3) is 5.91 Å². The van der Waals surface area contributed by atoms with Crippen molar-refractivity contribution in [2.75, 3.05) is 33.0 Å². The smallest absolute Gasteiger partial charge is 0.260 e. The topological polar surface area (TPSA) is 48.0 Å². The normalized spacial score (nSPS) is 22.9. The van der Waals surface area contributed by atoms with E-state index >= 15 is 0 Å². The molecular weight excluding hydrogens is 282 g/mol. The van der Waals surface area contributed by atoms with E-state index in [0.717, 1.165) is 5.56 Å². The third kappa shape index (κ3) is 3.06. The first kappa shape index (κ1) is 13.7. The molecule has 0 radical (unpaired) electrons. The van der Waals surface area contributed by atoms with Crippen LogP contribution in [0.15, 0.2) is 18.2 Å². The molecule has 0 aliphatic carbocycles. The lowest BCUT2D eigenvalue weighted by Crippen LogP contribution is -2.43. The number of carbonyl (C=O) groups excluding carboxylic acids is 1. The van der Waals surface area contributed by atoms with Gasteiger partial charge in [0.15, 0.2) is 6.61 Å². The molecule has 5 nitrogen and oxygen atoms in total. The van der Waals surface area contributed by atoms with Crippen molar-refractivity contribution in [3.8, 4) is 5.75 Å². The molecular formula is C14H16ClNO4. The molecule has 6 heteroatoms. The number of hydrogen-bond acceptors (Lipinski definition) is 4. The van der Waals surface area contributed by atoms with Crippen molar-refractivity contribution < 1.29 is 19.0 Å². The van der Waals surface area contributed by atoms with Gasteiger partial charge in [-0.3, -0.25) is 4.79 Å². The van der Waals surface area contributed by atoms with Gasteiger partial charge in [-0.25, -0.2) is 0 Å². The lowest BCUT2D eigenvalue weighted by Gasteiger charge is -2.28. The van der Waals surface area contributed by atoms with Gasteiger partial charge in [-0.1, -0.05) is 11.6 Å². The molecule has 108 valence electrons. The summed E-state index contributed by atoms with van der Waals surface area (Å²) in [6.07, 6.45) is -0.0755. The van der Waals surface area contributed by atoms with Crippen LogP contribution in [-0.2, 0) is 20.8 Å². The van der Waals surface area contributed by atoms with Gasteiger partial charge in [0.05, 0.1) is 25.9 Å². The van der Waals surface area contributed by atoms with Crippen LogP contribution in [-0.4, -0.2) is 49.9 Å². The third-order valence-corrected chi connectivity index (χ3v) is 3.63. The molecule has 1 fully saturated rings. The van der Waals surface area contributed by atoms with Gasteiger partial charge in [0.2, 0.25) is 0 Å². The summed E-state index contributed by atoms with van der Waals surface area (Å²) in [6.45, 7) is 2.75. The van der Waals surface area contributed by atoms with Gasteiger partial charge in [0.1, 0.15) is 5.75 Å². The Balaban J connectivity index is 1.74. The highest BCUT2D eigenvalue weighted by Crippen LogP contribution is 2.26. The van der Waals surface area contributed by atoms with Crippen molar-refractivity contribution in [3.05, 3.63) is 28.8 Å². The van der Waals surface area contributed by atoms with Crippen molar-refractivity contribution >= 4 is 17.5 Å². The van der Waals surface area contributed by atoms with Crippen molar-refractivity contribution in [2.24, 2.45) is 0 Å². The van der Waals surface area contributed by atoms with Gasteiger partial charge < -0.3 is 19.1 Å². The number of benzene rings is 1. The molecule has 0 aromatic heterocycles. The minimum Gasteiger partial charge on any atom is -0.483 e. The molecule has 2 heterocycles. The number of ether oxygens (including phenoxy) is 3. The fourth-order valence-electron chi connectivity index (χ4n) is 2.39. The SMILES string of the molecule is O=C1COc2ccc(Cl)cc2CN1C[C@H]1COCCO1.